The van der Waals surface area contributed by atoms with Gasteiger partial charge in [-0.25, -0.2) is 19.2 Å². The van der Waals surface area contributed by atoms with Gasteiger partial charge in [0, 0.05) is 27.9 Å². The van der Waals surface area contributed by atoms with Crippen molar-refractivity contribution < 1.29 is 4.21 Å². The number of nitrogens with one attached hydrogen (secondary N) is 1. The molecular formula is C12H15N5OS. The molecule has 0 saturated carbocycles. The van der Waals surface area contributed by atoms with Gasteiger partial charge in [-0.1, -0.05) is 0 Å². The molecular weight excluding hydrogens is 262 g/mol. The van der Waals surface area contributed by atoms with Crippen molar-refractivity contribution in [1.29, 1.82) is 4.78 Å². The lowest BCUT2D eigenvalue weighted by Crippen LogP contribution is -2.02. The molecule has 100 valence electrons. The molecule has 0 bridgehead atoms. The normalized spacial score (nSPS) is 14.0. The number of aromatic nitrogens is 3. The number of nitrogens with two attached hydrogens (primary N) is 1. The topological polar surface area (TPSA) is 106 Å². The zero-order chi connectivity index (χ0) is 14.0. The molecule has 7 heteroatoms. The van der Waals surface area contributed by atoms with Crippen molar-refractivity contribution in [1.82, 2.24) is 15.0 Å². The van der Waals surface area contributed by atoms with Gasteiger partial charge in [-0.2, -0.15) is 0 Å². The van der Waals surface area contributed by atoms with Crippen LogP contribution in [0.5, 0.6) is 0 Å². The van der Waals surface area contributed by atoms with Gasteiger partial charge in [-0.05, 0) is 30.7 Å². The van der Waals surface area contributed by atoms with E-state index in [0.29, 0.717) is 17.3 Å². The molecule has 0 aliphatic rings. The molecule has 2 rings (SSSR count). The smallest absolute Gasteiger partial charge is 0.180 e. The fourth-order valence-electron chi connectivity index (χ4n) is 1.75. The van der Waals surface area contributed by atoms with E-state index >= 15 is 0 Å². The van der Waals surface area contributed by atoms with Crippen molar-refractivity contribution in [2.24, 2.45) is 0 Å². The maximum absolute atomic E-state index is 11.6. The predicted molar refractivity (Wildman–Crippen MR) is 74.9 cm³/mol. The van der Waals surface area contributed by atoms with Crippen LogP contribution < -0.4 is 5.73 Å². The maximum Gasteiger partial charge on any atom is 0.180 e. The largest absolute Gasteiger partial charge is 0.384 e. The van der Waals surface area contributed by atoms with Crippen LogP contribution in [-0.4, -0.2) is 25.4 Å². The Bertz CT molecular complexity index is 712. The van der Waals surface area contributed by atoms with Crippen LogP contribution in [0, 0.1) is 11.7 Å². The number of hydrogen-bond acceptors (Lipinski definition) is 6. The minimum absolute atomic E-state index is 0.186. The number of nitrogens with zero attached hydrogens (tertiary/aromatic N) is 3. The maximum atomic E-state index is 11.6. The van der Waals surface area contributed by atoms with Crippen LogP contribution in [0.4, 0.5) is 5.82 Å². The van der Waals surface area contributed by atoms with Gasteiger partial charge in [0.05, 0.1) is 5.75 Å². The van der Waals surface area contributed by atoms with Crippen molar-refractivity contribution in [3.05, 3.63) is 35.7 Å². The Morgan fingerprint density at radius 3 is 2.74 bits per heavy atom. The molecule has 1 atom stereocenters. The summed E-state index contributed by atoms with van der Waals surface area (Å²) in [7, 11) is -2.59. The summed E-state index contributed by atoms with van der Waals surface area (Å²) in [5, 5.41) is 0. The first-order valence-corrected chi connectivity index (χ1v) is 7.75. The highest BCUT2D eigenvalue weighted by atomic mass is 32.2. The van der Waals surface area contributed by atoms with E-state index in [9.17, 15) is 4.21 Å². The van der Waals surface area contributed by atoms with Crippen LogP contribution in [0.15, 0.2) is 24.4 Å². The van der Waals surface area contributed by atoms with Gasteiger partial charge in [-0.3, -0.25) is 4.78 Å². The lowest BCUT2D eigenvalue weighted by Gasteiger charge is -2.06. The molecule has 0 spiro atoms. The number of rotatable bonds is 3. The summed E-state index contributed by atoms with van der Waals surface area (Å²) >= 11 is 0. The van der Waals surface area contributed by atoms with E-state index in [1.54, 1.807) is 18.3 Å². The van der Waals surface area contributed by atoms with Crippen molar-refractivity contribution >= 4 is 15.5 Å². The second-order valence-electron chi connectivity index (χ2n) is 4.46. The fraction of sp³-hybridized carbons (Fsp3) is 0.250. The van der Waals surface area contributed by atoms with E-state index in [2.05, 4.69) is 15.0 Å². The first-order chi connectivity index (χ1) is 8.83. The molecule has 2 aromatic rings. The Kier molecular flexibility index (Phi) is 3.48. The number of nitrogen functional groups attached to an aromatic ring is 1. The van der Waals surface area contributed by atoms with E-state index in [1.807, 2.05) is 13.0 Å². The Hall–Kier alpha value is -2.02. The van der Waals surface area contributed by atoms with E-state index < -0.39 is 9.73 Å². The number of aryl methyl sites for hydroxylation is 1. The predicted octanol–water partition coefficient (Wildman–Crippen LogP) is 1.61. The quantitative estimate of drug-likeness (QED) is 0.886. The lowest BCUT2D eigenvalue weighted by atomic mass is 10.2. The molecule has 0 fully saturated rings. The Morgan fingerprint density at radius 2 is 2.11 bits per heavy atom. The summed E-state index contributed by atoms with van der Waals surface area (Å²) in [5.41, 5.74) is 7.75. The molecule has 2 aromatic heterocycles. The van der Waals surface area contributed by atoms with Crippen molar-refractivity contribution in [2.75, 3.05) is 12.0 Å². The van der Waals surface area contributed by atoms with E-state index in [0.717, 1.165) is 11.3 Å². The Morgan fingerprint density at radius 1 is 1.37 bits per heavy atom. The lowest BCUT2D eigenvalue weighted by molar-refractivity contribution is 0.678. The average molecular weight is 277 g/mol. The highest BCUT2D eigenvalue weighted by Crippen LogP contribution is 2.17. The van der Waals surface area contributed by atoms with Gasteiger partial charge in [0.25, 0.3) is 0 Å². The third-order valence-corrected chi connectivity index (χ3v) is 3.25. The summed E-state index contributed by atoms with van der Waals surface area (Å²) in [6.07, 6.45) is 2.98. The van der Waals surface area contributed by atoms with Crippen LogP contribution in [0.1, 0.15) is 11.3 Å². The summed E-state index contributed by atoms with van der Waals surface area (Å²) in [4.78, 5) is 12.6. The molecule has 19 heavy (non-hydrogen) atoms. The first kappa shape index (κ1) is 13.4. The SMILES string of the molecule is Cc1cc(CS(C)(=N)=O)cc(-c2nccc(N)n2)n1. The molecule has 2 heterocycles. The van der Waals surface area contributed by atoms with Gasteiger partial charge in [0.15, 0.2) is 5.82 Å². The molecule has 3 N–H and O–H groups in total. The van der Waals surface area contributed by atoms with Gasteiger partial charge in [0.2, 0.25) is 0 Å². The molecule has 6 nitrogen and oxygen atoms in total. The van der Waals surface area contributed by atoms with Crippen LogP contribution in [0.25, 0.3) is 11.5 Å². The summed E-state index contributed by atoms with van der Waals surface area (Å²) in [5.74, 6) is 0.984. The molecule has 0 radical (unpaired) electrons. The van der Waals surface area contributed by atoms with Crippen LogP contribution in [0.3, 0.4) is 0 Å². The standard InChI is InChI=1S/C12H15N5OS/c1-8-5-9(7-19(2,14)18)6-10(16-8)12-15-4-3-11(13)17-12/h3-6,14H,7H2,1-2H3,(H2,13,15,17). The summed E-state index contributed by atoms with van der Waals surface area (Å²) < 4.78 is 19.1. The number of anilines is 1. The third kappa shape index (κ3) is 3.72. The number of pyridine rings is 1. The van der Waals surface area contributed by atoms with Gasteiger partial charge in [-0.15, -0.1) is 0 Å². The monoisotopic (exact) mass is 277 g/mol. The van der Waals surface area contributed by atoms with Gasteiger partial charge < -0.3 is 5.73 Å². The van der Waals surface area contributed by atoms with Crippen LogP contribution >= 0.6 is 0 Å². The first-order valence-electron chi connectivity index (χ1n) is 5.61. The minimum Gasteiger partial charge on any atom is -0.384 e. The molecule has 0 saturated heterocycles. The zero-order valence-corrected chi connectivity index (χ0v) is 11.6. The highest BCUT2D eigenvalue weighted by molar-refractivity contribution is 7.90. The number of hydrogen-bond donors (Lipinski definition) is 2. The molecule has 0 aromatic carbocycles. The summed E-state index contributed by atoms with van der Waals surface area (Å²) in [6.45, 7) is 1.83. The van der Waals surface area contributed by atoms with Gasteiger partial charge >= 0.3 is 0 Å². The highest BCUT2D eigenvalue weighted by Gasteiger charge is 2.08. The van der Waals surface area contributed by atoms with Crippen molar-refractivity contribution in [3.63, 3.8) is 0 Å². The van der Waals surface area contributed by atoms with Crippen LogP contribution in [0.2, 0.25) is 0 Å². The minimum atomic E-state index is -2.59. The van der Waals surface area contributed by atoms with E-state index in [-0.39, 0.29) is 5.75 Å². The van der Waals surface area contributed by atoms with Crippen molar-refractivity contribution in [3.8, 4) is 11.5 Å². The van der Waals surface area contributed by atoms with E-state index in [1.165, 1.54) is 6.26 Å². The average Bonchev–Trinajstić information content (AvgIpc) is 2.25. The van der Waals surface area contributed by atoms with Crippen LogP contribution in [-0.2, 0) is 15.5 Å². The zero-order valence-electron chi connectivity index (χ0n) is 10.8. The molecule has 0 aliphatic heterocycles. The second-order valence-corrected chi connectivity index (χ2v) is 6.76. The molecule has 0 aliphatic carbocycles. The summed E-state index contributed by atoms with van der Waals surface area (Å²) in [6, 6.07) is 5.16. The van der Waals surface area contributed by atoms with Crippen molar-refractivity contribution in [2.45, 2.75) is 12.7 Å². The van der Waals surface area contributed by atoms with E-state index in [4.69, 9.17) is 10.5 Å². The molecule has 1 unspecified atom stereocenters. The Balaban J connectivity index is 2.47. The van der Waals surface area contributed by atoms with Gasteiger partial charge in [0.1, 0.15) is 11.5 Å². The Labute approximate surface area is 112 Å². The second kappa shape index (κ2) is 4.93. The third-order valence-electron chi connectivity index (χ3n) is 2.36. The fourth-order valence-corrected chi connectivity index (χ4v) is 2.55. The molecule has 0 amide bonds.